The van der Waals surface area contributed by atoms with Crippen LogP contribution in [0, 0.1) is 0 Å². The van der Waals surface area contributed by atoms with Crippen LogP contribution in [0.15, 0.2) is 65.6 Å². The highest BCUT2D eigenvalue weighted by Crippen LogP contribution is 2.11. The fourth-order valence-corrected chi connectivity index (χ4v) is 3.41. The lowest BCUT2D eigenvalue weighted by Crippen LogP contribution is -2.41. The standard InChI is InChI=1S/C19H20N2O6S/c22-17(21-19(24)20-13-15-7-3-1-4-8-15)14-27-18(23)11-12-28(25,26)16-9-5-2-6-10-16/h1-10H,11-14H2,(H2,20,21,22,24). The Kier molecular flexibility index (Phi) is 7.70. The van der Waals surface area contributed by atoms with Crippen molar-refractivity contribution in [3.05, 3.63) is 66.2 Å². The summed E-state index contributed by atoms with van der Waals surface area (Å²) in [7, 11) is -3.61. The van der Waals surface area contributed by atoms with Gasteiger partial charge >= 0.3 is 12.0 Å². The van der Waals surface area contributed by atoms with Crippen molar-refractivity contribution >= 4 is 27.7 Å². The van der Waals surface area contributed by atoms with Crippen LogP contribution in [0.1, 0.15) is 12.0 Å². The molecule has 0 aliphatic carbocycles. The number of carbonyl (C=O) groups is 3. The molecule has 0 aliphatic heterocycles. The van der Waals surface area contributed by atoms with E-state index in [0.717, 1.165) is 5.56 Å². The molecule has 0 radical (unpaired) electrons. The van der Waals surface area contributed by atoms with Crippen molar-refractivity contribution in [3.63, 3.8) is 0 Å². The summed E-state index contributed by atoms with van der Waals surface area (Å²) in [5, 5.41) is 4.51. The number of rotatable bonds is 8. The number of hydrogen-bond acceptors (Lipinski definition) is 6. The smallest absolute Gasteiger partial charge is 0.321 e. The Balaban J connectivity index is 1.67. The lowest BCUT2D eigenvalue weighted by molar-refractivity contribution is -0.147. The predicted octanol–water partition coefficient (Wildman–Crippen LogP) is 1.42. The van der Waals surface area contributed by atoms with E-state index < -0.39 is 46.5 Å². The quantitative estimate of drug-likeness (QED) is 0.643. The van der Waals surface area contributed by atoms with E-state index in [1.54, 1.807) is 18.2 Å². The van der Waals surface area contributed by atoms with Crippen LogP contribution in [0.3, 0.4) is 0 Å². The minimum Gasteiger partial charge on any atom is -0.456 e. The van der Waals surface area contributed by atoms with E-state index in [-0.39, 0.29) is 11.4 Å². The highest BCUT2D eigenvalue weighted by Gasteiger charge is 2.17. The minimum absolute atomic E-state index is 0.107. The average Bonchev–Trinajstić information content (AvgIpc) is 2.71. The molecule has 148 valence electrons. The van der Waals surface area contributed by atoms with Gasteiger partial charge in [-0.2, -0.15) is 0 Å². The lowest BCUT2D eigenvalue weighted by Gasteiger charge is -2.08. The number of benzene rings is 2. The molecule has 0 fully saturated rings. The van der Waals surface area contributed by atoms with Gasteiger partial charge in [0.05, 0.1) is 17.1 Å². The van der Waals surface area contributed by atoms with E-state index in [0.29, 0.717) is 0 Å². The van der Waals surface area contributed by atoms with Gasteiger partial charge in [-0.25, -0.2) is 13.2 Å². The van der Waals surface area contributed by atoms with Crippen molar-refractivity contribution in [3.8, 4) is 0 Å². The summed E-state index contributed by atoms with van der Waals surface area (Å²) in [4.78, 5) is 35.0. The highest BCUT2D eigenvalue weighted by molar-refractivity contribution is 7.91. The third-order valence-electron chi connectivity index (χ3n) is 3.59. The van der Waals surface area contributed by atoms with Gasteiger partial charge in [0.1, 0.15) is 0 Å². The van der Waals surface area contributed by atoms with Gasteiger partial charge in [0.15, 0.2) is 16.4 Å². The summed E-state index contributed by atoms with van der Waals surface area (Å²) in [5.74, 6) is -2.10. The van der Waals surface area contributed by atoms with Crippen molar-refractivity contribution in [2.75, 3.05) is 12.4 Å². The summed E-state index contributed by atoms with van der Waals surface area (Å²) in [6.45, 7) is -0.444. The number of hydrogen-bond donors (Lipinski definition) is 2. The summed E-state index contributed by atoms with van der Waals surface area (Å²) < 4.78 is 28.8. The molecule has 2 rings (SSSR count). The van der Waals surface area contributed by atoms with Crippen molar-refractivity contribution in [2.45, 2.75) is 17.9 Å². The van der Waals surface area contributed by atoms with E-state index in [9.17, 15) is 22.8 Å². The Hall–Kier alpha value is -3.20. The molecular weight excluding hydrogens is 384 g/mol. The van der Waals surface area contributed by atoms with Gasteiger partial charge in [-0.05, 0) is 17.7 Å². The zero-order valence-corrected chi connectivity index (χ0v) is 15.8. The van der Waals surface area contributed by atoms with E-state index in [2.05, 4.69) is 5.32 Å². The van der Waals surface area contributed by atoms with Crippen molar-refractivity contribution in [2.24, 2.45) is 0 Å². The zero-order chi connectivity index (χ0) is 20.4. The van der Waals surface area contributed by atoms with Crippen LogP contribution in [-0.2, 0) is 30.7 Å². The predicted molar refractivity (Wildman–Crippen MR) is 101 cm³/mol. The molecule has 9 heteroatoms. The number of esters is 1. The first kappa shape index (κ1) is 21.1. The molecule has 0 saturated heterocycles. The summed E-state index contributed by atoms with van der Waals surface area (Å²) in [6.07, 6.45) is -0.398. The molecule has 2 aromatic carbocycles. The third kappa shape index (κ3) is 7.20. The second kappa shape index (κ2) is 10.2. The highest BCUT2D eigenvalue weighted by atomic mass is 32.2. The fraction of sp³-hybridized carbons (Fsp3) is 0.211. The number of carbonyl (C=O) groups excluding carboxylic acids is 3. The van der Waals surface area contributed by atoms with E-state index in [1.165, 1.54) is 12.1 Å². The topological polar surface area (TPSA) is 119 Å². The molecule has 8 nitrogen and oxygen atoms in total. The second-order valence-corrected chi connectivity index (χ2v) is 7.87. The first-order valence-corrected chi connectivity index (χ1v) is 10.1. The SMILES string of the molecule is O=C(COC(=O)CCS(=O)(=O)c1ccccc1)NC(=O)NCc1ccccc1. The molecule has 0 saturated carbocycles. The molecule has 0 bridgehead atoms. The number of amides is 3. The van der Waals surface area contributed by atoms with Crippen molar-refractivity contribution in [1.29, 1.82) is 0 Å². The molecule has 0 unspecified atom stereocenters. The summed E-state index contributed by atoms with van der Waals surface area (Å²) >= 11 is 0. The van der Waals surface area contributed by atoms with Gasteiger partial charge in [0.2, 0.25) is 0 Å². The molecular formula is C19H20N2O6S. The first-order valence-electron chi connectivity index (χ1n) is 8.42. The minimum atomic E-state index is -3.61. The molecule has 0 aromatic heterocycles. The Morgan fingerprint density at radius 1 is 0.893 bits per heavy atom. The maximum absolute atomic E-state index is 12.1. The van der Waals surface area contributed by atoms with Gasteiger partial charge in [-0.15, -0.1) is 0 Å². The molecule has 2 N–H and O–H groups in total. The maximum Gasteiger partial charge on any atom is 0.321 e. The number of nitrogens with one attached hydrogen (secondary N) is 2. The molecule has 0 spiro atoms. The summed E-state index contributed by atoms with van der Waals surface area (Å²) in [6, 6.07) is 16.1. The van der Waals surface area contributed by atoms with Gasteiger partial charge in [0, 0.05) is 6.54 Å². The van der Waals surface area contributed by atoms with Crippen LogP contribution in [0.4, 0.5) is 4.79 Å². The zero-order valence-electron chi connectivity index (χ0n) is 15.0. The normalized spacial score (nSPS) is 10.7. The van der Waals surface area contributed by atoms with Crippen molar-refractivity contribution in [1.82, 2.24) is 10.6 Å². The first-order chi connectivity index (χ1) is 13.4. The van der Waals surface area contributed by atoms with Gasteiger partial charge in [-0.3, -0.25) is 14.9 Å². The van der Waals surface area contributed by atoms with Gasteiger partial charge in [-0.1, -0.05) is 48.5 Å². The fourth-order valence-electron chi connectivity index (χ4n) is 2.17. The molecule has 0 atom stereocenters. The Labute approximate surface area is 162 Å². The van der Waals surface area contributed by atoms with Crippen LogP contribution in [0.25, 0.3) is 0 Å². The van der Waals surface area contributed by atoms with Crippen LogP contribution < -0.4 is 10.6 Å². The number of imide groups is 1. The molecule has 0 aliphatic rings. The largest absolute Gasteiger partial charge is 0.456 e. The van der Waals surface area contributed by atoms with E-state index in [1.807, 2.05) is 35.6 Å². The lowest BCUT2D eigenvalue weighted by atomic mass is 10.2. The van der Waals surface area contributed by atoms with Crippen LogP contribution >= 0.6 is 0 Å². The Bertz CT molecular complexity index is 914. The Morgan fingerprint density at radius 3 is 2.14 bits per heavy atom. The maximum atomic E-state index is 12.1. The van der Waals surface area contributed by atoms with E-state index in [4.69, 9.17) is 4.74 Å². The van der Waals surface area contributed by atoms with Gasteiger partial charge in [0.25, 0.3) is 5.91 Å². The third-order valence-corrected chi connectivity index (χ3v) is 5.32. The number of urea groups is 1. The van der Waals surface area contributed by atoms with Crippen LogP contribution in [0.5, 0.6) is 0 Å². The Morgan fingerprint density at radius 2 is 1.50 bits per heavy atom. The monoisotopic (exact) mass is 404 g/mol. The average molecular weight is 404 g/mol. The van der Waals surface area contributed by atoms with Crippen molar-refractivity contribution < 1.29 is 27.5 Å². The molecule has 2 aromatic rings. The number of sulfone groups is 1. The summed E-state index contributed by atoms with van der Waals surface area (Å²) in [5.41, 5.74) is 0.858. The number of ether oxygens (including phenoxy) is 1. The van der Waals surface area contributed by atoms with E-state index >= 15 is 0 Å². The molecule has 0 heterocycles. The second-order valence-electron chi connectivity index (χ2n) is 5.76. The molecule has 28 heavy (non-hydrogen) atoms. The molecule has 3 amide bonds. The van der Waals surface area contributed by atoms with Crippen LogP contribution in [0.2, 0.25) is 0 Å². The van der Waals surface area contributed by atoms with Gasteiger partial charge < -0.3 is 10.1 Å². The van der Waals surface area contributed by atoms with Crippen LogP contribution in [-0.4, -0.2) is 38.7 Å².